The van der Waals surface area contributed by atoms with Gasteiger partial charge in [-0.3, -0.25) is 9.59 Å². The lowest BCUT2D eigenvalue weighted by molar-refractivity contribution is -0.146. The molecule has 0 atom stereocenters. The Balaban J connectivity index is 0.940. The van der Waals surface area contributed by atoms with Crippen LogP contribution in [0.25, 0.3) is 33.4 Å². The van der Waals surface area contributed by atoms with E-state index in [1.54, 1.807) is 12.1 Å². The lowest BCUT2D eigenvalue weighted by Crippen LogP contribution is -2.07. The van der Waals surface area contributed by atoms with E-state index in [0.717, 1.165) is 70.0 Å². The molecule has 0 unspecified atom stereocenters. The third-order valence-electron chi connectivity index (χ3n) is 8.81. The number of esters is 2. The molecule has 2 aromatic heterocycles. The monoisotopic (exact) mass is 704 g/mol. The molecule has 52 heavy (non-hydrogen) atoms. The quantitative estimate of drug-likeness (QED) is 0.0717. The van der Waals surface area contributed by atoms with Gasteiger partial charge in [-0.25, -0.2) is 0 Å². The number of nitrogens with zero attached hydrogens (tertiary/aromatic N) is 6. The van der Waals surface area contributed by atoms with Crippen LogP contribution in [0, 0.1) is 0 Å². The zero-order chi connectivity index (χ0) is 36.5. The second-order valence-electron chi connectivity index (χ2n) is 12.9. The minimum atomic E-state index is -0.303. The van der Waals surface area contributed by atoms with Crippen LogP contribution in [0.1, 0.15) is 87.5 Å². The Morgan fingerprint density at radius 1 is 0.577 bits per heavy atom. The highest BCUT2D eigenvalue weighted by Gasteiger charge is 2.17. The van der Waals surface area contributed by atoms with E-state index in [0.29, 0.717) is 37.1 Å². The molecule has 0 saturated carbocycles. The van der Waals surface area contributed by atoms with Gasteiger partial charge in [0, 0.05) is 12.8 Å². The van der Waals surface area contributed by atoms with Gasteiger partial charge in [0.2, 0.25) is 0 Å². The molecule has 0 saturated heterocycles. The van der Waals surface area contributed by atoms with Gasteiger partial charge in [-0.1, -0.05) is 63.8 Å². The zero-order valence-electron chi connectivity index (χ0n) is 29.6. The van der Waals surface area contributed by atoms with Crippen molar-refractivity contribution in [2.75, 3.05) is 0 Å². The second-order valence-corrected chi connectivity index (χ2v) is 12.9. The van der Waals surface area contributed by atoms with Gasteiger partial charge in [-0.15, -0.1) is 30.0 Å². The lowest BCUT2D eigenvalue weighted by Gasteiger charge is -2.13. The number of phenolic OH excluding ortho intramolecular Hbond substituents is 2. The number of aryl methyl sites for hydroxylation is 2. The second kappa shape index (κ2) is 17.0. The van der Waals surface area contributed by atoms with Crippen LogP contribution in [-0.2, 0) is 45.1 Å². The summed E-state index contributed by atoms with van der Waals surface area (Å²) in [6.07, 6.45) is 6.38. The molecule has 2 N–H and O–H groups in total. The highest BCUT2D eigenvalue weighted by molar-refractivity contribution is 5.75. The fourth-order valence-corrected chi connectivity index (χ4v) is 6.18. The molecular formula is C40H44N6O6. The van der Waals surface area contributed by atoms with Crippen LogP contribution in [0.3, 0.4) is 0 Å². The van der Waals surface area contributed by atoms with Crippen molar-refractivity contribution >= 4 is 34.0 Å². The highest BCUT2D eigenvalue weighted by atomic mass is 16.5. The summed E-state index contributed by atoms with van der Waals surface area (Å²) in [6.45, 7) is 4.22. The zero-order valence-corrected chi connectivity index (χ0v) is 29.6. The molecule has 12 heteroatoms. The summed E-state index contributed by atoms with van der Waals surface area (Å²) in [6, 6.07) is 22.2. The number of aromatic nitrogens is 6. The van der Waals surface area contributed by atoms with Gasteiger partial charge in [-0.2, -0.15) is 0 Å². The van der Waals surface area contributed by atoms with Crippen LogP contribution >= 0.6 is 0 Å². The Morgan fingerprint density at radius 3 is 1.29 bits per heavy atom. The summed E-state index contributed by atoms with van der Waals surface area (Å²) in [5, 5.41) is 40.0. The number of hydrogen-bond acceptors (Lipinski definition) is 10. The van der Waals surface area contributed by atoms with E-state index in [4.69, 9.17) is 9.47 Å². The maximum atomic E-state index is 12.6. The van der Waals surface area contributed by atoms with Crippen molar-refractivity contribution in [1.29, 1.82) is 0 Å². The Hall–Kier alpha value is -5.78. The summed E-state index contributed by atoms with van der Waals surface area (Å²) in [7, 11) is 0. The van der Waals surface area contributed by atoms with Crippen molar-refractivity contribution in [1.82, 2.24) is 30.0 Å². The first-order valence-corrected chi connectivity index (χ1v) is 18.0. The summed E-state index contributed by atoms with van der Waals surface area (Å²) < 4.78 is 11.2. The van der Waals surface area contributed by atoms with Gasteiger partial charge < -0.3 is 19.7 Å². The van der Waals surface area contributed by atoms with E-state index < -0.39 is 0 Å². The predicted octanol–water partition coefficient (Wildman–Crippen LogP) is 7.60. The molecule has 6 aromatic rings. The number of rotatable bonds is 17. The fourth-order valence-electron chi connectivity index (χ4n) is 6.18. The fraction of sp³-hybridized carbons (Fsp3) is 0.350. The molecule has 0 aliphatic carbocycles. The largest absolute Gasteiger partial charge is 0.505 e. The van der Waals surface area contributed by atoms with E-state index in [9.17, 15) is 19.8 Å². The Kier molecular flexibility index (Phi) is 11.7. The molecule has 2 heterocycles. The number of benzene rings is 4. The van der Waals surface area contributed by atoms with Crippen molar-refractivity contribution in [3.63, 3.8) is 0 Å². The third-order valence-corrected chi connectivity index (χ3v) is 8.81. The summed E-state index contributed by atoms with van der Waals surface area (Å²) in [5.41, 5.74) is 6.76. The first-order valence-electron chi connectivity index (χ1n) is 18.0. The number of phenols is 2. The Morgan fingerprint density at radius 2 is 0.942 bits per heavy atom. The van der Waals surface area contributed by atoms with Crippen LogP contribution in [0.15, 0.2) is 72.8 Å². The summed E-state index contributed by atoms with van der Waals surface area (Å²) in [4.78, 5) is 28.0. The van der Waals surface area contributed by atoms with Gasteiger partial charge in [0.15, 0.2) is 0 Å². The smallest absolute Gasteiger partial charge is 0.306 e. The van der Waals surface area contributed by atoms with Gasteiger partial charge in [0.05, 0.1) is 0 Å². The van der Waals surface area contributed by atoms with E-state index in [2.05, 4.69) is 20.4 Å². The van der Waals surface area contributed by atoms with Crippen molar-refractivity contribution in [3.8, 4) is 22.9 Å². The molecule has 4 aromatic carbocycles. The van der Waals surface area contributed by atoms with Crippen LogP contribution in [-0.4, -0.2) is 52.1 Å². The van der Waals surface area contributed by atoms with Gasteiger partial charge in [-0.05, 0) is 96.5 Å². The molecule has 12 nitrogen and oxygen atoms in total. The SMILES string of the molecule is CCCc1cc(COC(=O)CCCCCCC(=O)OCc2cc(CCC)c(O)c(-n3nc4ccccc4n3)c2)cc(-n2nc3ccccc3n2)c1O. The van der Waals surface area contributed by atoms with E-state index in [1.165, 1.54) is 9.59 Å². The Labute approximate surface area is 302 Å². The molecule has 0 radical (unpaired) electrons. The van der Waals surface area contributed by atoms with E-state index in [1.807, 2.05) is 74.5 Å². The standard InChI is InChI=1S/C40H44N6O6/c1-3-13-29-21-27(23-35(39(29)49)45-41-31-15-9-10-16-32(31)42-45)25-51-37(47)19-7-5-6-8-20-38(48)52-26-28-22-30(14-4-2)40(50)36(24-28)46-43-33-17-11-12-18-34(33)44-46/h9-12,15-18,21-24,49-50H,3-8,13-14,19-20,25-26H2,1-2H3. The number of aromatic hydroxyl groups is 2. The maximum absolute atomic E-state index is 12.6. The number of unbranched alkanes of at least 4 members (excludes halogenated alkanes) is 3. The molecule has 6 rings (SSSR count). The van der Waals surface area contributed by atoms with Crippen LogP contribution in [0.2, 0.25) is 0 Å². The van der Waals surface area contributed by atoms with Gasteiger partial charge in [0.1, 0.15) is 58.2 Å². The number of carbonyl (C=O) groups excluding carboxylic acids is 2. The van der Waals surface area contributed by atoms with E-state index >= 15 is 0 Å². The summed E-state index contributed by atoms with van der Waals surface area (Å²) >= 11 is 0. The third kappa shape index (κ3) is 8.74. The summed E-state index contributed by atoms with van der Waals surface area (Å²) in [5.74, 6) is -0.367. The number of hydrogen-bond donors (Lipinski definition) is 2. The molecule has 0 aliphatic rings. The number of fused-ring (bicyclic) bond motifs is 2. The average molecular weight is 705 g/mol. The van der Waals surface area contributed by atoms with Gasteiger partial charge in [0.25, 0.3) is 0 Å². The first-order chi connectivity index (χ1) is 25.3. The van der Waals surface area contributed by atoms with Crippen LogP contribution in [0.5, 0.6) is 11.5 Å². The van der Waals surface area contributed by atoms with Crippen molar-refractivity contribution in [2.45, 2.75) is 91.3 Å². The molecule has 0 fully saturated rings. The number of carbonyl (C=O) groups is 2. The molecular weight excluding hydrogens is 660 g/mol. The minimum Gasteiger partial charge on any atom is -0.505 e. The molecule has 0 bridgehead atoms. The molecule has 0 amide bonds. The normalized spacial score (nSPS) is 11.3. The van der Waals surface area contributed by atoms with Crippen LogP contribution in [0.4, 0.5) is 0 Å². The van der Waals surface area contributed by atoms with Gasteiger partial charge >= 0.3 is 11.9 Å². The molecule has 0 spiro atoms. The Bertz CT molecular complexity index is 1950. The average Bonchev–Trinajstić information content (AvgIpc) is 3.78. The van der Waals surface area contributed by atoms with Crippen molar-refractivity contribution < 1.29 is 29.3 Å². The topological polar surface area (TPSA) is 154 Å². The van der Waals surface area contributed by atoms with E-state index in [-0.39, 0.29) is 49.5 Å². The van der Waals surface area contributed by atoms with Crippen molar-refractivity contribution in [2.24, 2.45) is 0 Å². The van der Waals surface area contributed by atoms with Crippen LogP contribution < -0.4 is 0 Å². The minimum absolute atomic E-state index is 0.0765. The molecule has 270 valence electrons. The first kappa shape index (κ1) is 36.0. The van der Waals surface area contributed by atoms with Crippen molar-refractivity contribution in [3.05, 3.63) is 95.1 Å². The predicted molar refractivity (Wildman–Crippen MR) is 196 cm³/mol. The lowest BCUT2D eigenvalue weighted by atomic mass is 10.0. The maximum Gasteiger partial charge on any atom is 0.306 e. The highest BCUT2D eigenvalue weighted by Crippen LogP contribution is 2.31. The number of ether oxygens (including phenoxy) is 2. The molecule has 0 aliphatic heterocycles.